The van der Waals surface area contributed by atoms with Crippen LogP contribution in [0.1, 0.15) is 13.3 Å². The van der Waals surface area contributed by atoms with Gasteiger partial charge in [-0.15, -0.1) is 0 Å². The van der Waals surface area contributed by atoms with E-state index < -0.39 is 38.0 Å². The lowest BCUT2D eigenvalue weighted by Gasteiger charge is -2.34. The van der Waals surface area contributed by atoms with Crippen molar-refractivity contribution in [2.45, 2.75) is 37.3 Å². The van der Waals surface area contributed by atoms with Gasteiger partial charge in [0, 0.05) is 6.04 Å². The predicted octanol–water partition coefficient (Wildman–Crippen LogP) is 3.97. The summed E-state index contributed by atoms with van der Waals surface area (Å²) in [6, 6.07) is -1.34. The van der Waals surface area contributed by atoms with E-state index in [0.29, 0.717) is 0 Å². The smallest absolute Gasteiger partial charge is 0.341 e. The minimum Gasteiger partial charge on any atom is -0.341 e. The molecule has 1 nitrogen and oxygen atoms in total. The lowest BCUT2D eigenvalue weighted by molar-refractivity contribution is -0.377. The molecule has 0 aromatic heterocycles. The van der Waals surface area contributed by atoms with E-state index in [1.54, 1.807) is 0 Å². The Morgan fingerprint density at radius 2 is 1.53 bits per heavy atom. The fourth-order valence-electron chi connectivity index (χ4n) is 0.952. The molecule has 0 rings (SSSR count). The molecule has 0 saturated heterocycles. The van der Waals surface area contributed by atoms with Crippen LogP contribution in [0, 0.1) is 0 Å². The van der Waals surface area contributed by atoms with Gasteiger partial charge in [0.2, 0.25) is 7.42 Å². The van der Waals surface area contributed by atoms with Crippen LogP contribution in [0.4, 0.5) is 26.3 Å². The van der Waals surface area contributed by atoms with Gasteiger partial charge in [-0.3, -0.25) is 0 Å². The van der Waals surface area contributed by atoms with E-state index in [9.17, 15) is 26.3 Å². The monoisotopic (exact) mass is 322 g/mol. The fraction of sp³-hybridized carbons (Fsp3) is 1.00. The van der Waals surface area contributed by atoms with Crippen LogP contribution in [0.5, 0.6) is 0 Å². The Bertz CT molecular complexity index is 249. The van der Waals surface area contributed by atoms with Crippen LogP contribution in [0.3, 0.4) is 0 Å². The van der Waals surface area contributed by atoms with Gasteiger partial charge in [-0.05, 0) is 6.42 Å². The Hall–Kier alpha value is 0.337. The zero-order chi connectivity index (χ0) is 13.9. The predicted molar refractivity (Wildman–Crippen MR) is 54.7 cm³/mol. The van der Waals surface area contributed by atoms with Crippen molar-refractivity contribution in [1.29, 1.82) is 0 Å². The normalized spacial score (nSPS) is 17.3. The average molecular weight is 323 g/mol. The van der Waals surface area contributed by atoms with Gasteiger partial charge in [-0.1, -0.05) is 6.92 Å². The molecule has 0 saturated carbocycles. The minimum atomic E-state index is -6.06. The molecule has 1 unspecified atom stereocenters. The van der Waals surface area contributed by atoms with Crippen molar-refractivity contribution in [1.82, 2.24) is 0 Å². The van der Waals surface area contributed by atoms with Gasteiger partial charge in [0.1, 0.15) is 0 Å². The molecule has 104 valence electrons. The number of halogens is 8. The molecule has 1 atom stereocenters. The second kappa shape index (κ2) is 5.99. The maximum absolute atomic E-state index is 13.7. The van der Waals surface area contributed by atoms with E-state index in [4.69, 9.17) is 22.2 Å². The molecular formula is C7H10Cl2F6OSi. The van der Waals surface area contributed by atoms with Gasteiger partial charge in [0.25, 0.3) is 5.85 Å². The molecule has 0 aliphatic carbocycles. The van der Waals surface area contributed by atoms with Gasteiger partial charge >= 0.3 is 12.1 Å². The average Bonchev–Trinajstić information content (AvgIpc) is 2.11. The minimum absolute atomic E-state index is 0.0798. The first kappa shape index (κ1) is 17.3. The lowest BCUT2D eigenvalue weighted by Crippen LogP contribution is -2.56. The highest BCUT2D eigenvalue weighted by atomic mass is 35.7. The molecule has 0 bridgehead atoms. The van der Waals surface area contributed by atoms with Gasteiger partial charge in [-0.25, -0.2) is 4.39 Å². The Labute approximate surface area is 105 Å². The highest BCUT2D eigenvalue weighted by Gasteiger charge is 2.72. The van der Waals surface area contributed by atoms with Gasteiger partial charge in [0.05, 0.1) is 6.61 Å². The topological polar surface area (TPSA) is 9.23 Å². The first-order valence-electron chi connectivity index (χ1n) is 4.53. The summed E-state index contributed by atoms with van der Waals surface area (Å²) in [5.74, 6) is -9.86. The summed E-state index contributed by atoms with van der Waals surface area (Å²) in [5, 5.41) is 0. The van der Waals surface area contributed by atoms with Gasteiger partial charge < -0.3 is 4.74 Å². The molecule has 0 N–H and O–H groups in total. The molecule has 0 aromatic carbocycles. The summed E-state index contributed by atoms with van der Waals surface area (Å²) in [7, 11) is -3.05. The molecule has 0 fully saturated rings. The maximum Gasteiger partial charge on any atom is 0.459 e. The quantitative estimate of drug-likeness (QED) is 0.408. The highest BCUT2D eigenvalue weighted by molar-refractivity contribution is 7.33. The lowest BCUT2D eigenvalue weighted by atomic mass is 10.1. The summed E-state index contributed by atoms with van der Waals surface area (Å²) < 4.78 is 79.8. The van der Waals surface area contributed by atoms with E-state index in [-0.39, 0.29) is 6.42 Å². The second-order valence-electron chi connectivity index (χ2n) is 3.24. The third kappa shape index (κ3) is 4.18. The van der Waals surface area contributed by atoms with Crippen molar-refractivity contribution in [2.24, 2.45) is 0 Å². The Balaban J connectivity index is 5.15. The molecule has 0 spiro atoms. The SMILES string of the molecule is CCCOC(F)(C[SiH](Cl)Cl)C(F)(F)C(F)(F)F. The summed E-state index contributed by atoms with van der Waals surface area (Å²) >= 11 is 10.4. The van der Waals surface area contributed by atoms with Crippen LogP contribution in [0.25, 0.3) is 0 Å². The molecular weight excluding hydrogens is 313 g/mol. The van der Waals surface area contributed by atoms with Gasteiger partial charge in [-0.2, -0.15) is 44.1 Å². The molecule has 0 aliphatic rings. The Morgan fingerprint density at radius 3 is 1.82 bits per heavy atom. The van der Waals surface area contributed by atoms with E-state index in [0.717, 1.165) is 0 Å². The highest BCUT2D eigenvalue weighted by Crippen LogP contribution is 2.49. The van der Waals surface area contributed by atoms with Crippen LogP contribution >= 0.6 is 22.2 Å². The molecule has 0 aromatic rings. The van der Waals surface area contributed by atoms with Crippen molar-refractivity contribution >= 4 is 29.6 Å². The summed E-state index contributed by atoms with van der Waals surface area (Å²) in [4.78, 5) is 0. The summed E-state index contributed by atoms with van der Waals surface area (Å²) in [5.41, 5.74) is 0. The molecule has 0 heterocycles. The van der Waals surface area contributed by atoms with Crippen molar-refractivity contribution in [2.75, 3.05) is 6.61 Å². The molecule has 10 heteroatoms. The van der Waals surface area contributed by atoms with E-state index in [1.165, 1.54) is 6.92 Å². The zero-order valence-corrected chi connectivity index (χ0v) is 11.3. The van der Waals surface area contributed by atoms with Crippen molar-refractivity contribution in [3.63, 3.8) is 0 Å². The standard InChI is InChI=1S/C7H10Cl2F6OSi/c1-2-3-16-5(10,4-17(8)9)6(11,12)7(13,14)15/h17H,2-4H2,1H3. The molecule has 0 amide bonds. The first-order valence-corrected chi connectivity index (χ1v) is 8.84. The summed E-state index contributed by atoms with van der Waals surface area (Å²) in [6.07, 6.45) is -5.98. The van der Waals surface area contributed by atoms with Crippen molar-refractivity contribution in [3.8, 4) is 0 Å². The van der Waals surface area contributed by atoms with Crippen molar-refractivity contribution < 1.29 is 31.1 Å². The number of rotatable bonds is 6. The van der Waals surface area contributed by atoms with Crippen LogP contribution in [-0.2, 0) is 4.74 Å². The molecule has 17 heavy (non-hydrogen) atoms. The van der Waals surface area contributed by atoms with Crippen LogP contribution in [0.15, 0.2) is 0 Å². The van der Waals surface area contributed by atoms with Crippen molar-refractivity contribution in [3.05, 3.63) is 0 Å². The summed E-state index contributed by atoms with van der Waals surface area (Å²) in [6.45, 7) is 0.847. The van der Waals surface area contributed by atoms with E-state index >= 15 is 0 Å². The third-order valence-electron chi connectivity index (χ3n) is 1.78. The Morgan fingerprint density at radius 1 is 1.06 bits per heavy atom. The van der Waals surface area contributed by atoms with E-state index in [2.05, 4.69) is 4.74 Å². The third-order valence-corrected chi connectivity index (χ3v) is 3.54. The van der Waals surface area contributed by atoms with Crippen LogP contribution in [-0.4, -0.2) is 32.0 Å². The number of hydrogen-bond acceptors (Lipinski definition) is 1. The fourth-order valence-corrected chi connectivity index (χ4v) is 2.91. The second-order valence-corrected chi connectivity index (χ2v) is 8.27. The van der Waals surface area contributed by atoms with Crippen LogP contribution in [0.2, 0.25) is 6.04 Å². The largest absolute Gasteiger partial charge is 0.459 e. The van der Waals surface area contributed by atoms with E-state index in [1.807, 2.05) is 0 Å². The first-order chi connectivity index (χ1) is 7.48. The molecule has 0 radical (unpaired) electrons. The van der Waals surface area contributed by atoms with Crippen LogP contribution < -0.4 is 0 Å². The molecule has 0 aliphatic heterocycles. The number of ether oxygens (including phenoxy) is 1. The zero-order valence-electron chi connectivity index (χ0n) is 8.63. The maximum atomic E-state index is 13.7. The Kier molecular flexibility index (Phi) is 6.10. The number of hydrogen-bond donors (Lipinski definition) is 0. The van der Waals surface area contributed by atoms with Gasteiger partial charge in [0.15, 0.2) is 0 Å². The number of alkyl halides is 6.